The number of hydrogen-bond donors (Lipinski definition) is 1. The average Bonchev–Trinajstić information content (AvgIpc) is 3.10. The van der Waals surface area contributed by atoms with E-state index in [-0.39, 0.29) is 5.97 Å². The van der Waals surface area contributed by atoms with Gasteiger partial charge >= 0.3 is 5.97 Å². The van der Waals surface area contributed by atoms with E-state index in [2.05, 4.69) is 10.3 Å². The zero-order chi connectivity index (χ0) is 19.9. The fourth-order valence-electron chi connectivity index (χ4n) is 2.60. The summed E-state index contributed by atoms with van der Waals surface area (Å²) in [5.74, 6) is 0.561. The lowest BCUT2D eigenvalue weighted by molar-refractivity contribution is -0.143. The maximum absolute atomic E-state index is 11.8. The van der Waals surface area contributed by atoms with E-state index in [1.54, 1.807) is 26.3 Å². The molecule has 0 radical (unpaired) electrons. The quantitative estimate of drug-likeness (QED) is 0.405. The van der Waals surface area contributed by atoms with Gasteiger partial charge in [-0.05, 0) is 49.7 Å². The molecule has 0 spiro atoms. The molecular formula is C20H20ClN3O3S. The van der Waals surface area contributed by atoms with Gasteiger partial charge in [-0.3, -0.25) is 4.79 Å². The van der Waals surface area contributed by atoms with Crippen molar-refractivity contribution in [2.45, 2.75) is 19.8 Å². The van der Waals surface area contributed by atoms with E-state index in [0.717, 1.165) is 32.7 Å². The second-order valence-electron chi connectivity index (χ2n) is 5.82. The Hall–Kier alpha value is -2.64. The van der Waals surface area contributed by atoms with Crippen LogP contribution in [0, 0.1) is 0 Å². The number of thiazole rings is 1. The van der Waals surface area contributed by atoms with Crippen molar-refractivity contribution in [2.24, 2.45) is 0 Å². The van der Waals surface area contributed by atoms with E-state index in [4.69, 9.17) is 26.1 Å². The molecule has 0 saturated heterocycles. The molecule has 8 heteroatoms. The maximum atomic E-state index is 11.8. The fraction of sp³-hybridized carbons (Fsp3) is 0.250. The molecule has 3 aromatic rings. The Bertz CT molecular complexity index is 944. The summed E-state index contributed by atoms with van der Waals surface area (Å²) in [6.45, 7) is 2.17. The number of nitrogens with zero attached hydrogens (tertiary/aromatic N) is 2. The number of ether oxygens (including phenoxy) is 2. The summed E-state index contributed by atoms with van der Waals surface area (Å²) >= 11 is 7.54. The SMILES string of the molecule is CCOC(=O)CCc1sc(Nc2ccc(OC)cc2)nc1-c1ccnc(Cl)c1. The molecule has 28 heavy (non-hydrogen) atoms. The molecule has 0 aliphatic heterocycles. The normalized spacial score (nSPS) is 10.5. The van der Waals surface area contributed by atoms with E-state index >= 15 is 0 Å². The highest BCUT2D eigenvalue weighted by Crippen LogP contribution is 2.34. The highest BCUT2D eigenvalue weighted by Gasteiger charge is 2.16. The Morgan fingerprint density at radius 3 is 2.71 bits per heavy atom. The van der Waals surface area contributed by atoms with Crippen molar-refractivity contribution in [3.63, 3.8) is 0 Å². The van der Waals surface area contributed by atoms with Gasteiger partial charge in [0.25, 0.3) is 0 Å². The minimum absolute atomic E-state index is 0.223. The molecule has 2 heterocycles. The van der Waals surface area contributed by atoms with Gasteiger partial charge in [0.05, 0.1) is 25.8 Å². The van der Waals surface area contributed by atoms with E-state index in [1.807, 2.05) is 30.3 Å². The molecule has 6 nitrogen and oxygen atoms in total. The minimum atomic E-state index is -0.223. The Kier molecular flexibility index (Phi) is 6.84. The molecule has 0 unspecified atom stereocenters. The first-order chi connectivity index (χ1) is 13.6. The van der Waals surface area contributed by atoms with Crippen LogP contribution < -0.4 is 10.1 Å². The number of rotatable bonds is 8. The molecule has 2 aromatic heterocycles. The van der Waals surface area contributed by atoms with Gasteiger partial charge in [-0.1, -0.05) is 11.6 Å². The molecule has 0 atom stereocenters. The van der Waals surface area contributed by atoms with Crippen LogP contribution in [0.5, 0.6) is 5.75 Å². The van der Waals surface area contributed by atoms with Gasteiger partial charge in [0.15, 0.2) is 5.13 Å². The average molecular weight is 418 g/mol. The zero-order valence-corrected chi connectivity index (χ0v) is 17.1. The number of aryl methyl sites for hydroxylation is 1. The highest BCUT2D eigenvalue weighted by atomic mass is 35.5. The van der Waals surface area contributed by atoms with Crippen molar-refractivity contribution in [3.8, 4) is 17.0 Å². The molecule has 0 aliphatic rings. The Morgan fingerprint density at radius 2 is 2.04 bits per heavy atom. The maximum Gasteiger partial charge on any atom is 0.306 e. The second-order valence-corrected chi connectivity index (χ2v) is 7.29. The number of carbonyl (C=O) groups excluding carboxylic acids is 1. The van der Waals surface area contributed by atoms with Crippen LogP contribution >= 0.6 is 22.9 Å². The lowest BCUT2D eigenvalue weighted by Gasteiger charge is -2.04. The van der Waals surface area contributed by atoms with Crippen LogP contribution in [0.15, 0.2) is 42.6 Å². The van der Waals surface area contributed by atoms with E-state index in [0.29, 0.717) is 24.6 Å². The zero-order valence-electron chi connectivity index (χ0n) is 15.6. The van der Waals surface area contributed by atoms with Gasteiger partial charge in [0.1, 0.15) is 10.9 Å². The third kappa shape index (κ3) is 5.21. The molecule has 1 N–H and O–H groups in total. The smallest absolute Gasteiger partial charge is 0.306 e. The highest BCUT2D eigenvalue weighted by molar-refractivity contribution is 7.16. The number of esters is 1. The predicted octanol–water partition coefficient (Wildman–Crippen LogP) is 5.11. The first-order valence-corrected chi connectivity index (χ1v) is 9.96. The van der Waals surface area contributed by atoms with Crippen LogP contribution in [-0.2, 0) is 16.0 Å². The minimum Gasteiger partial charge on any atom is -0.497 e. The number of hydrogen-bond acceptors (Lipinski definition) is 7. The summed E-state index contributed by atoms with van der Waals surface area (Å²) in [4.78, 5) is 21.5. The number of nitrogens with one attached hydrogen (secondary N) is 1. The van der Waals surface area contributed by atoms with Crippen molar-refractivity contribution >= 4 is 39.7 Å². The van der Waals surface area contributed by atoms with Crippen molar-refractivity contribution < 1.29 is 14.3 Å². The number of anilines is 2. The second kappa shape index (κ2) is 9.52. The Labute approximate surface area is 172 Å². The summed E-state index contributed by atoms with van der Waals surface area (Å²) in [5, 5.41) is 4.42. The molecule has 0 fully saturated rings. The molecule has 146 valence electrons. The van der Waals surface area contributed by atoms with E-state index < -0.39 is 0 Å². The number of benzene rings is 1. The van der Waals surface area contributed by atoms with Gasteiger partial charge in [-0.2, -0.15) is 0 Å². The van der Waals surface area contributed by atoms with Crippen LogP contribution in [0.4, 0.5) is 10.8 Å². The summed E-state index contributed by atoms with van der Waals surface area (Å²) in [6.07, 6.45) is 2.47. The Balaban J connectivity index is 1.86. The standard InChI is InChI=1S/C20H20ClN3O3S/c1-3-27-18(25)9-8-16-19(13-10-11-22-17(21)12-13)24-20(28-16)23-14-4-6-15(26-2)7-5-14/h4-7,10-12H,3,8-9H2,1-2H3,(H,23,24). The Morgan fingerprint density at radius 1 is 1.25 bits per heavy atom. The number of carbonyl (C=O) groups is 1. The molecule has 0 aliphatic carbocycles. The third-order valence-electron chi connectivity index (χ3n) is 3.90. The van der Waals surface area contributed by atoms with Gasteiger partial charge in [0, 0.05) is 22.3 Å². The lowest BCUT2D eigenvalue weighted by Crippen LogP contribution is -2.05. The summed E-state index contributed by atoms with van der Waals surface area (Å²) < 4.78 is 10.2. The topological polar surface area (TPSA) is 73.3 Å². The van der Waals surface area contributed by atoms with Crippen molar-refractivity contribution in [1.82, 2.24) is 9.97 Å². The van der Waals surface area contributed by atoms with Crippen LogP contribution in [-0.4, -0.2) is 29.7 Å². The fourth-order valence-corrected chi connectivity index (χ4v) is 3.77. The number of methoxy groups -OCH3 is 1. The van der Waals surface area contributed by atoms with Crippen LogP contribution in [0.1, 0.15) is 18.2 Å². The molecule has 0 amide bonds. The van der Waals surface area contributed by atoms with Crippen molar-refractivity contribution in [3.05, 3.63) is 52.6 Å². The van der Waals surface area contributed by atoms with Gasteiger partial charge in [-0.15, -0.1) is 11.3 Å². The number of aromatic nitrogens is 2. The number of pyridine rings is 1. The van der Waals surface area contributed by atoms with Crippen LogP contribution in [0.3, 0.4) is 0 Å². The molecule has 0 saturated carbocycles. The van der Waals surface area contributed by atoms with Gasteiger partial charge in [-0.25, -0.2) is 9.97 Å². The monoisotopic (exact) mass is 417 g/mol. The van der Waals surface area contributed by atoms with Gasteiger partial charge in [0.2, 0.25) is 0 Å². The largest absolute Gasteiger partial charge is 0.497 e. The summed E-state index contributed by atoms with van der Waals surface area (Å²) in [5.41, 5.74) is 2.54. The lowest BCUT2D eigenvalue weighted by atomic mass is 10.1. The van der Waals surface area contributed by atoms with E-state index in [9.17, 15) is 4.79 Å². The molecular weight excluding hydrogens is 398 g/mol. The summed E-state index contributed by atoms with van der Waals surface area (Å²) in [6, 6.07) is 11.2. The first-order valence-electron chi connectivity index (χ1n) is 8.77. The van der Waals surface area contributed by atoms with Crippen molar-refractivity contribution in [2.75, 3.05) is 19.0 Å². The van der Waals surface area contributed by atoms with Crippen LogP contribution in [0.25, 0.3) is 11.3 Å². The first kappa shape index (κ1) is 20.1. The van der Waals surface area contributed by atoms with Gasteiger partial charge < -0.3 is 14.8 Å². The predicted molar refractivity (Wildman–Crippen MR) is 112 cm³/mol. The van der Waals surface area contributed by atoms with Crippen molar-refractivity contribution in [1.29, 1.82) is 0 Å². The number of halogens is 1. The molecule has 1 aromatic carbocycles. The van der Waals surface area contributed by atoms with E-state index in [1.165, 1.54) is 11.3 Å². The summed E-state index contributed by atoms with van der Waals surface area (Å²) in [7, 11) is 1.63. The third-order valence-corrected chi connectivity index (χ3v) is 5.14. The molecule has 0 bridgehead atoms. The molecule has 3 rings (SSSR count). The van der Waals surface area contributed by atoms with Crippen LogP contribution in [0.2, 0.25) is 5.15 Å².